The van der Waals surface area contributed by atoms with Gasteiger partial charge in [-0.3, -0.25) is 19.4 Å². The standard InChI is InChI=1S/C17H31N7O6/c1-9(25)13(23-12(26)8-18)15(28)24-7-3-5-11(24)14(27)22-10(16(29)30)4-2-6-21-17(19)20/h9-11,13,25H,2-8,18H2,1H3,(H,22,27)(H,23,26)(H,29,30)(H4,19,20,21). The smallest absolute Gasteiger partial charge is 0.326 e. The number of likely N-dealkylation sites (tertiary alicyclic amines) is 1. The molecule has 0 aromatic rings. The number of carbonyl (C=O) groups excluding carboxylic acids is 3. The number of carboxylic acid groups (broad SMARTS) is 1. The maximum absolute atomic E-state index is 12.8. The lowest BCUT2D eigenvalue weighted by Crippen LogP contribution is -2.58. The molecule has 0 saturated carbocycles. The van der Waals surface area contributed by atoms with Gasteiger partial charge in [-0.05, 0) is 32.6 Å². The van der Waals surface area contributed by atoms with Crippen molar-refractivity contribution < 1.29 is 29.4 Å². The zero-order valence-corrected chi connectivity index (χ0v) is 16.9. The molecule has 0 aliphatic carbocycles. The number of carbonyl (C=O) groups is 4. The number of guanidine groups is 1. The van der Waals surface area contributed by atoms with Gasteiger partial charge in [0.05, 0.1) is 12.6 Å². The van der Waals surface area contributed by atoms with E-state index in [1.165, 1.54) is 11.8 Å². The van der Waals surface area contributed by atoms with Gasteiger partial charge in [-0.15, -0.1) is 0 Å². The summed E-state index contributed by atoms with van der Waals surface area (Å²) in [5.41, 5.74) is 15.7. The minimum Gasteiger partial charge on any atom is -0.480 e. The van der Waals surface area contributed by atoms with Crippen LogP contribution in [0.15, 0.2) is 4.99 Å². The zero-order valence-electron chi connectivity index (χ0n) is 16.9. The molecule has 170 valence electrons. The largest absolute Gasteiger partial charge is 0.480 e. The van der Waals surface area contributed by atoms with Gasteiger partial charge in [0.1, 0.15) is 18.1 Å². The molecule has 3 amide bonds. The summed E-state index contributed by atoms with van der Waals surface area (Å²) < 4.78 is 0. The molecule has 1 rings (SSSR count). The van der Waals surface area contributed by atoms with Gasteiger partial charge in [-0.2, -0.15) is 0 Å². The number of hydrogen-bond donors (Lipinski definition) is 7. The second-order valence-corrected chi connectivity index (χ2v) is 7.03. The summed E-state index contributed by atoms with van der Waals surface area (Å²) in [6.45, 7) is 1.43. The average Bonchev–Trinajstić information content (AvgIpc) is 3.16. The van der Waals surface area contributed by atoms with E-state index in [9.17, 15) is 29.4 Å². The van der Waals surface area contributed by atoms with Crippen LogP contribution >= 0.6 is 0 Å². The number of aliphatic carboxylic acids is 1. The lowest BCUT2D eigenvalue weighted by Gasteiger charge is -2.30. The number of amides is 3. The molecule has 13 heteroatoms. The Balaban J connectivity index is 2.81. The van der Waals surface area contributed by atoms with E-state index in [0.717, 1.165) is 0 Å². The van der Waals surface area contributed by atoms with Gasteiger partial charge in [0.2, 0.25) is 17.7 Å². The summed E-state index contributed by atoms with van der Waals surface area (Å²) in [6.07, 6.45) is 0.0669. The molecular weight excluding hydrogens is 398 g/mol. The predicted octanol–water partition coefficient (Wildman–Crippen LogP) is -3.58. The number of aliphatic hydroxyl groups is 1. The minimum atomic E-state index is -1.26. The van der Waals surface area contributed by atoms with E-state index >= 15 is 0 Å². The highest BCUT2D eigenvalue weighted by molar-refractivity contribution is 5.94. The van der Waals surface area contributed by atoms with Gasteiger partial charge in [0, 0.05) is 13.1 Å². The van der Waals surface area contributed by atoms with Crippen molar-refractivity contribution in [2.24, 2.45) is 22.2 Å². The Hall–Kier alpha value is -2.93. The quantitative estimate of drug-likeness (QED) is 0.0977. The minimum absolute atomic E-state index is 0.0986. The fourth-order valence-corrected chi connectivity index (χ4v) is 3.13. The summed E-state index contributed by atoms with van der Waals surface area (Å²) in [5, 5.41) is 24.0. The molecule has 1 aliphatic heterocycles. The van der Waals surface area contributed by atoms with Crippen LogP contribution < -0.4 is 27.8 Å². The highest BCUT2D eigenvalue weighted by Crippen LogP contribution is 2.20. The summed E-state index contributed by atoms with van der Waals surface area (Å²) in [5.74, 6) is -3.21. The lowest BCUT2D eigenvalue weighted by atomic mass is 10.1. The third-order valence-corrected chi connectivity index (χ3v) is 4.65. The first-order valence-electron chi connectivity index (χ1n) is 9.65. The number of nitrogens with two attached hydrogens (primary N) is 3. The van der Waals surface area contributed by atoms with Gasteiger partial charge in [-0.25, -0.2) is 4.79 Å². The van der Waals surface area contributed by atoms with Crippen LogP contribution in [0, 0.1) is 0 Å². The molecule has 0 radical (unpaired) electrons. The normalized spacial score (nSPS) is 18.8. The van der Waals surface area contributed by atoms with Crippen molar-refractivity contribution in [2.45, 2.75) is 56.8 Å². The van der Waals surface area contributed by atoms with Gasteiger partial charge in [-0.1, -0.05) is 0 Å². The third kappa shape index (κ3) is 7.48. The van der Waals surface area contributed by atoms with Crippen LogP contribution in [0.4, 0.5) is 0 Å². The Morgan fingerprint density at radius 1 is 1.23 bits per heavy atom. The van der Waals surface area contributed by atoms with Crippen LogP contribution in [0.5, 0.6) is 0 Å². The Morgan fingerprint density at radius 2 is 1.90 bits per heavy atom. The fraction of sp³-hybridized carbons (Fsp3) is 0.706. The number of aliphatic imine (C=N–C) groups is 1. The predicted molar refractivity (Wildman–Crippen MR) is 107 cm³/mol. The van der Waals surface area contributed by atoms with Crippen LogP contribution in [-0.4, -0.2) is 88.6 Å². The van der Waals surface area contributed by atoms with Crippen LogP contribution in [0.3, 0.4) is 0 Å². The summed E-state index contributed by atoms with van der Waals surface area (Å²) in [4.78, 5) is 53.5. The van der Waals surface area contributed by atoms with E-state index < -0.39 is 47.9 Å². The maximum atomic E-state index is 12.8. The van der Waals surface area contributed by atoms with Gasteiger partial charge >= 0.3 is 5.97 Å². The monoisotopic (exact) mass is 429 g/mol. The van der Waals surface area contributed by atoms with E-state index in [1.54, 1.807) is 0 Å². The fourth-order valence-electron chi connectivity index (χ4n) is 3.13. The number of nitrogens with zero attached hydrogens (tertiary/aromatic N) is 2. The van der Waals surface area contributed by atoms with Crippen molar-refractivity contribution in [2.75, 3.05) is 19.6 Å². The van der Waals surface area contributed by atoms with Gasteiger partial charge in [0.15, 0.2) is 5.96 Å². The Morgan fingerprint density at radius 3 is 2.43 bits per heavy atom. The van der Waals surface area contributed by atoms with Crippen molar-refractivity contribution in [1.29, 1.82) is 0 Å². The molecule has 0 bridgehead atoms. The number of carboxylic acids is 1. The molecule has 10 N–H and O–H groups in total. The number of hydrogen-bond acceptors (Lipinski definition) is 7. The van der Waals surface area contributed by atoms with E-state index in [0.29, 0.717) is 19.3 Å². The van der Waals surface area contributed by atoms with E-state index in [2.05, 4.69) is 15.6 Å². The number of aliphatic hydroxyl groups excluding tert-OH is 1. The molecule has 30 heavy (non-hydrogen) atoms. The van der Waals surface area contributed by atoms with E-state index in [4.69, 9.17) is 17.2 Å². The van der Waals surface area contributed by atoms with E-state index in [-0.39, 0.29) is 32.0 Å². The van der Waals surface area contributed by atoms with Gasteiger partial charge in [0.25, 0.3) is 0 Å². The average molecular weight is 429 g/mol. The zero-order chi connectivity index (χ0) is 22.8. The maximum Gasteiger partial charge on any atom is 0.326 e. The van der Waals surface area contributed by atoms with Crippen LogP contribution in [0.1, 0.15) is 32.6 Å². The second kappa shape index (κ2) is 11.9. The Labute approximate surface area is 174 Å². The first-order chi connectivity index (χ1) is 14.1. The number of rotatable bonds is 11. The molecular formula is C17H31N7O6. The molecule has 1 saturated heterocycles. The van der Waals surface area contributed by atoms with Crippen molar-refractivity contribution in [3.63, 3.8) is 0 Å². The summed E-state index contributed by atoms with van der Waals surface area (Å²) in [7, 11) is 0. The van der Waals surface area contributed by atoms with Crippen LogP contribution in [0.2, 0.25) is 0 Å². The first-order valence-corrected chi connectivity index (χ1v) is 9.65. The molecule has 0 aromatic heterocycles. The molecule has 0 aromatic carbocycles. The molecule has 1 fully saturated rings. The van der Waals surface area contributed by atoms with Gasteiger partial charge < -0.3 is 42.9 Å². The van der Waals surface area contributed by atoms with E-state index in [1.807, 2.05) is 0 Å². The topological polar surface area (TPSA) is 226 Å². The van der Waals surface area contributed by atoms with Crippen molar-refractivity contribution in [3.05, 3.63) is 0 Å². The molecule has 4 atom stereocenters. The summed E-state index contributed by atoms with van der Waals surface area (Å²) >= 11 is 0. The van der Waals surface area contributed by atoms with Crippen LogP contribution in [-0.2, 0) is 19.2 Å². The van der Waals surface area contributed by atoms with Crippen molar-refractivity contribution >= 4 is 29.7 Å². The highest BCUT2D eigenvalue weighted by atomic mass is 16.4. The molecule has 0 spiro atoms. The molecule has 4 unspecified atom stereocenters. The summed E-state index contributed by atoms with van der Waals surface area (Å²) in [6, 6.07) is -3.34. The molecule has 13 nitrogen and oxygen atoms in total. The van der Waals surface area contributed by atoms with Crippen LogP contribution in [0.25, 0.3) is 0 Å². The molecule has 1 aliphatic rings. The Bertz CT molecular complexity index is 665. The Kier molecular flexibility index (Phi) is 9.98. The third-order valence-electron chi connectivity index (χ3n) is 4.65. The highest BCUT2D eigenvalue weighted by Gasteiger charge is 2.40. The van der Waals surface area contributed by atoms with Crippen molar-refractivity contribution in [3.8, 4) is 0 Å². The number of nitrogens with one attached hydrogen (secondary N) is 2. The van der Waals surface area contributed by atoms with Crippen molar-refractivity contribution in [1.82, 2.24) is 15.5 Å². The molecule has 1 heterocycles. The SMILES string of the molecule is CC(O)C(NC(=O)CN)C(=O)N1CCCC1C(=O)NC(CCCN=C(N)N)C(=O)O. The lowest BCUT2D eigenvalue weighted by molar-refractivity contribution is -0.146. The second-order valence-electron chi connectivity index (χ2n) is 7.03. The first kappa shape index (κ1) is 25.1.